The Morgan fingerprint density at radius 1 is 1.07 bits per heavy atom. The van der Waals surface area contributed by atoms with Gasteiger partial charge in [-0.1, -0.05) is 6.07 Å². The number of ether oxygens (including phenoxy) is 1. The van der Waals surface area contributed by atoms with Crippen LogP contribution in [0, 0.1) is 0 Å². The van der Waals surface area contributed by atoms with Gasteiger partial charge in [0.1, 0.15) is 6.10 Å². The first kappa shape index (κ1) is 20.2. The van der Waals surface area contributed by atoms with Crippen LogP contribution in [0.1, 0.15) is 18.4 Å². The highest BCUT2D eigenvalue weighted by Gasteiger charge is 2.30. The van der Waals surface area contributed by atoms with Crippen molar-refractivity contribution in [2.24, 2.45) is 0 Å². The average molecular weight is 414 g/mol. The van der Waals surface area contributed by atoms with E-state index in [9.17, 15) is 26.4 Å². The van der Waals surface area contributed by atoms with Gasteiger partial charge in [0, 0.05) is 18.0 Å². The van der Waals surface area contributed by atoms with E-state index >= 15 is 0 Å². The van der Waals surface area contributed by atoms with E-state index in [-0.39, 0.29) is 16.5 Å². The Labute approximate surface area is 159 Å². The van der Waals surface area contributed by atoms with E-state index in [0.29, 0.717) is 24.8 Å². The van der Waals surface area contributed by atoms with Crippen molar-refractivity contribution in [3.05, 3.63) is 54.1 Å². The minimum atomic E-state index is -4.58. The molecule has 0 spiro atoms. The lowest BCUT2D eigenvalue weighted by atomic mass is 10.2. The van der Waals surface area contributed by atoms with Crippen LogP contribution in [-0.2, 0) is 25.7 Å². The summed E-state index contributed by atoms with van der Waals surface area (Å²) < 4.78 is 70.5. The molecule has 0 bridgehead atoms. The van der Waals surface area contributed by atoms with Gasteiger partial charge in [-0.25, -0.2) is 8.42 Å². The second kappa shape index (κ2) is 7.80. The van der Waals surface area contributed by atoms with Crippen molar-refractivity contribution in [3.63, 3.8) is 0 Å². The normalized spacial score (nSPS) is 17.3. The Hall–Kier alpha value is -2.59. The molecule has 150 valence electrons. The summed E-state index contributed by atoms with van der Waals surface area (Å²) in [5.41, 5.74) is -0.774. The van der Waals surface area contributed by atoms with E-state index in [4.69, 9.17) is 4.74 Å². The van der Waals surface area contributed by atoms with Gasteiger partial charge < -0.3 is 10.1 Å². The predicted octanol–water partition coefficient (Wildman–Crippen LogP) is 3.62. The van der Waals surface area contributed by atoms with Gasteiger partial charge in [0.25, 0.3) is 15.9 Å². The van der Waals surface area contributed by atoms with Gasteiger partial charge in [0.05, 0.1) is 10.5 Å². The summed E-state index contributed by atoms with van der Waals surface area (Å²) in [6, 6.07) is 9.20. The van der Waals surface area contributed by atoms with Crippen molar-refractivity contribution < 1.29 is 31.1 Å². The molecule has 0 aliphatic carbocycles. The molecule has 1 atom stereocenters. The quantitative estimate of drug-likeness (QED) is 0.783. The molecular weight excluding hydrogens is 397 g/mol. The largest absolute Gasteiger partial charge is 0.416 e. The van der Waals surface area contributed by atoms with E-state index in [1.165, 1.54) is 30.3 Å². The van der Waals surface area contributed by atoms with Crippen LogP contribution in [-0.4, -0.2) is 27.0 Å². The maximum Gasteiger partial charge on any atom is 0.416 e. The average Bonchev–Trinajstić information content (AvgIpc) is 3.16. The zero-order valence-corrected chi connectivity index (χ0v) is 15.3. The first-order valence-corrected chi connectivity index (χ1v) is 9.86. The van der Waals surface area contributed by atoms with Gasteiger partial charge in [0.2, 0.25) is 0 Å². The number of halogens is 3. The lowest BCUT2D eigenvalue weighted by molar-refractivity contribution is -0.137. The number of carbonyl (C=O) groups is 1. The van der Waals surface area contributed by atoms with Crippen LogP contribution < -0.4 is 10.0 Å². The van der Waals surface area contributed by atoms with Crippen LogP contribution >= 0.6 is 0 Å². The second-order valence-corrected chi connectivity index (χ2v) is 7.88. The van der Waals surface area contributed by atoms with Gasteiger partial charge in [0.15, 0.2) is 0 Å². The van der Waals surface area contributed by atoms with Crippen molar-refractivity contribution in [1.82, 2.24) is 0 Å². The Bertz CT molecular complexity index is 954. The number of nitrogens with one attached hydrogen (secondary N) is 2. The number of rotatable bonds is 5. The van der Waals surface area contributed by atoms with Crippen molar-refractivity contribution in [3.8, 4) is 0 Å². The molecule has 1 heterocycles. The van der Waals surface area contributed by atoms with E-state index in [0.717, 1.165) is 18.6 Å². The molecule has 1 saturated heterocycles. The highest BCUT2D eigenvalue weighted by atomic mass is 32.2. The van der Waals surface area contributed by atoms with Crippen LogP contribution in [0.25, 0.3) is 0 Å². The lowest BCUT2D eigenvalue weighted by Crippen LogP contribution is -2.26. The summed E-state index contributed by atoms with van der Waals surface area (Å²) in [7, 11) is -4.09. The Kier molecular flexibility index (Phi) is 5.61. The third-order valence-corrected chi connectivity index (χ3v) is 5.49. The molecule has 1 amide bonds. The van der Waals surface area contributed by atoms with E-state index in [1.54, 1.807) is 0 Å². The second-order valence-electron chi connectivity index (χ2n) is 6.20. The monoisotopic (exact) mass is 414 g/mol. The molecule has 0 saturated carbocycles. The zero-order chi connectivity index (χ0) is 20.4. The van der Waals surface area contributed by atoms with Crippen LogP contribution in [0.2, 0.25) is 0 Å². The molecule has 0 aromatic heterocycles. The summed E-state index contributed by atoms with van der Waals surface area (Å²) in [4.78, 5) is 11.8. The van der Waals surface area contributed by atoms with Gasteiger partial charge >= 0.3 is 6.18 Å². The Morgan fingerprint density at radius 3 is 2.39 bits per heavy atom. The lowest BCUT2D eigenvalue weighted by Gasteiger charge is -2.12. The van der Waals surface area contributed by atoms with Crippen LogP contribution in [0.4, 0.5) is 24.5 Å². The molecule has 0 radical (unpaired) electrons. The van der Waals surface area contributed by atoms with Crippen molar-refractivity contribution in [2.45, 2.75) is 30.0 Å². The predicted molar refractivity (Wildman–Crippen MR) is 96.3 cm³/mol. The third kappa shape index (κ3) is 4.82. The summed E-state index contributed by atoms with van der Waals surface area (Å²) in [6.45, 7) is 0.524. The molecule has 1 aliphatic rings. The minimum absolute atomic E-state index is 0.153. The van der Waals surface area contributed by atoms with Gasteiger partial charge in [-0.05, 0) is 55.3 Å². The summed E-state index contributed by atoms with van der Waals surface area (Å²) in [6.07, 6.45) is -3.67. The number of hydrogen-bond donors (Lipinski definition) is 2. The van der Waals surface area contributed by atoms with Gasteiger partial charge in [-0.15, -0.1) is 0 Å². The number of alkyl halides is 3. The molecule has 0 unspecified atom stereocenters. The smallest absolute Gasteiger partial charge is 0.368 e. The minimum Gasteiger partial charge on any atom is -0.368 e. The Morgan fingerprint density at radius 2 is 1.79 bits per heavy atom. The van der Waals surface area contributed by atoms with E-state index in [1.807, 2.05) is 0 Å². The van der Waals surface area contributed by atoms with Crippen molar-refractivity contribution in [2.75, 3.05) is 16.6 Å². The highest BCUT2D eigenvalue weighted by Crippen LogP contribution is 2.31. The van der Waals surface area contributed by atoms with Gasteiger partial charge in [-0.2, -0.15) is 13.2 Å². The molecule has 2 aromatic rings. The van der Waals surface area contributed by atoms with Crippen LogP contribution in [0.15, 0.2) is 53.4 Å². The van der Waals surface area contributed by atoms with E-state index < -0.39 is 27.9 Å². The topological polar surface area (TPSA) is 84.5 Å². The van der Waals surface area contributed by atoms with E-state index in [2.05, 4.69) is 10.0 Å². The maximum atomic E-state index is 12.8. The molecule has 1 fully saturated rings. The molecule has 1 aliphatic heterocycles. The number of carbonyl (C=O) groups excluding carboxylic acids is 1. The van der Waals surface area contributed by atoms with Crippen LogP contribution in [0.5, 0.6) is 0 Å². The molecule has 6 nitrogen and oxygen atoms in total. The molecule has 2 N–H and O–H groups in total. The fourth-order valence-electron chi connectivity index (χ4n) is 2.70. The summed E-state index contributed by atoms with van der Waals surface area (Å²) in [5.74, 6) is -0.310. The number of sulfonamides is 1. The number of amides is 1. The number of anilines is 2. The molecule has 3 rings (SSSR count). The zero-order valence-electron chi connectivity index (χ0n) is 14.5. The molecular formula is C18H17F3N2O4S. The SMILES string of the molecule is O=C(Nc1ccc(S(=O)(=O)Nc2cccc(C(F)(F)F)c2)cc1)[C@H]1CCCO1. The summed E-state index contributed by atoms with van der Waals surface area (Å²) in [5, 5.41) is 2.63. The molecule has 10 heteroatoms. The third-order valence-electron chi connectivity index (χ3n) is 4.10. The Balaban J connectivity index is 1.71. The maximum absolute atomic E-state index is 12.8. The fourth-order valence-corrected chi connectivity index (χ4v) is 3.75. The fraction of sp³-hybridized carbons (Fsp3) is 0.278. The standard InChI is InChI=1S/C18H17F3N2O4S/c19-18(20,21)12-3-1-4-14(11-12)23-28(25,26)15-8-6-13(7-9-15)22-17(24)16-5-2-10-27-16/h1,3-4,6-9,11,16,23H,2,5,10H2,(H,22,24)/t16-/m1/s1. The number of hydrogen-bond acceptors (Lipinski definition) is 4. The highest BCUT2D eigenvalue weighted by molar-refractivity contribution is 7.92. The first-order chi connectivity index (χ1) is 13.1. The number of benzene rings is 2. The molecule has 2 aromatic carbocycles. The van der Waals surface area contributed by atoms with Crippen LogP contribution in [0.3, 0.4) is 0 Å². The van der Waals surface area contributed by atoms with Crippen molar-refractivity contribution >= 4 is 27.3 Å². The summed E-state index contributed by atoms with van der Waals surface area (Å²) >= 11 is 0. The van der Waals surface area contributed by atoms with Gasteiger partial charge in [-0.3, -0.25) is 9.52 Å². The van der Waals surface area contributed by atoms with Crippen molar-refractivity contribution in [1.29, 1.82) is 0 Å². The first-order valence-electron chi connectivity index (χ1n) is 8.38. The molecule has 28 heavy (non-hydrogen) atoms.